The van der Waals surface area contributed by atoms with Crippen molar-refractivity contribution in [3.05, 3.63) is 18.1 Å². The minimum atomic E-state index is 0.899. The van der Waals surface area contributed by atoms with Gasteiger partial charge < -0.3 is 10.6 Å². The molecule has 1 heterocycles. The molecule has 0 atom stereocenters. The van der Waals surface area contributed by atoms with Crippen molar-refractivity contribution >= 4 is 5.82 Å². The van der Waals surface area contributed by atoms with Gasteiger partial charge in [-0.15, -0.1) is 0 Å². The zero-order valence-electron chi connectivity index (χ0n) is 8.88. The van der Waals surface area contributed by atoms with E-state index < -0.39 is 0 Å². The smallest absolute Gasteiger partial charge is 0.129 e. The highest BCUT2D eigenvalue weighted by atomic mass is 15.0. The Balaban J connectivity index is 2.18. The van der Waals surface area contributed by atoms with E-state index in [4.69, 9.17) is 0 Å². The van der Waals surface area contributed by atoms with Gasteiger partial charge in [0.25, 0.3) is 0 Å². The average Bonchev–Trinajstić information content (AvgIpc) is 2.18. The summed E-state index contributed by atoms with van der Waals surface area (Å²) in [5, 5.41) is 6.54. The van der Waals surface area contributed by atoms with Crippen LogP contribution in [0.5, 0.6) is 0 Å². The SMILES string of the molecule is CCCNCCNc1cc(C)ncn1. The lowest BCUT2D eigenvalue weighted by Crippen LogP contribution is -2.23. The van der Waals surface area contributed by atoms with E-state index in [1.165, 1.54) is 6.42 Å². The molecule has 78 valence electrons. The van der Waals surface area contributed by atoms with Crippen molar-refractivity contribution in [3.63, 3.8) is 0 Å². The monoisotopic (exact) mass is 194 g/mol. The Hall–Kier alpha value is -1.16. The molecule has 4 heteroatoms. The van der Waals surface area contributed by atoms with E-state index in [1.807, 2.05) is 13.0 Å². The van der Waals surface area contributed by atoms with Gasteiger partial charge in [-0.2, -0.15) is 0 Å². The number of nitrogens with zero attached hydrogens (tertiary/aromatic N) is 2. The lowest BCUT2D eigenvalue weighted by atomic mass is 10.4. The van der Waals surface area contributed by atoms with Crippen LogP contribution in [0.1, 0.15) is 19.0 Å². The average molecular weight is 194 g/mol. The van der Waals surface area contributed by atoms with Crippen LogP contribution in [-0.2, 0) is 0 Å². The van der Waals surface area contributed by atoms with E-state index in [9.17, 15) is 0 Å². The fraction of sp³-hybridized carbons (Fsp3) is 0.600. The number of nitrogens with one attached hydrogen (secondary N) is 2. The zero-order chi connectivity index (χ0) is 10.2. The lowest BCUT2D eigenvalue weighted by Gasteiger charge is -2.06. The number of rotatable bonds is 6. The predicted octanol–water partition coefficient (Wildman–Crippen LogP) is 1.20. The number of aromatic nitrogens is 2. The summed E-state index contributed by atoms with van der Waals surface area (Å²) in [6.45, 7) is 7.06. The van der Waals surface area contributed by atoms with E-state index in [0.29, 0.717) is 0 Å². The van der Waals surface area contributed by atoms with Crippen LogP contribution in [0.2, 0.25) is 0 Å². The minimum Gasteiger partial charge on any atom is -0.369 e. The summed E-state index contributed by atoms with van der Waals surface area (Å²) in [4.78, 5) is 8.14. The van der Waals surface area contributed by atoms with Crippen LogP contribution in [0.15, 0.2) is 12.4 Å². The van der Waals surface area contributed by atoms with Crippen molar-refractivity contribution in [2.45, 2.75) is 20.3 Å². The molecule has 1 aromatic rings. The molecule has 0 aliphatic heterocycles. The molecule has 0 amide bonds. The summed E-state index contributed by atoms with van der Waals surface area (Å²) in [7, 11) is 0. The normalized spacial score (nSPS) is 10.1. The maximum Gasteiger partial charge on any atom is 0.129 e. The molecule has 14 heavy (non-hydrogen) atoms. The first-order chi connectivity index (χ1) is 6.83. The molecule has 0 fully saturated rings. The number of aryl methyl sites for hydroxylation is 1. The van der Waals surface area contributed by atoms with Crippen molar-refractivity contribution in [3.8, 4) is 0 Å². The maximum absolute atomic E-state index is 4.11. The molecule has 2 N–H and O–H groups in total. The van der Waals surface area contributed by atoms with Crippen molar-refractivity contribution in [2.24, 2.45) is 0 Å². The Morgan fingerprint density at radius 1 is 1.21 bits per heavy atom. The van der Waals surface area contributed by atoms with E-state index >= 15 is 0 Å². The van der Waals surface area contributed by atoms with Gasteiger partial charge >= 0.3 is 0 Å². The van der Waals surface area contributed by atoms with Gasteiger partial charge in [-0.1, -0.05) is 6.92 Å². The van der Waals surface area contributed by atoms with Crippen molar-refractivity contribution in [1.29, 1.82) is 0 Å². The van der Waals surface area contributed by atoms with Crippen molar-refractivity contribution < 1.29 is 0 Å². The second-order valence-corrected chi connectivity index (χ2v) is 3.22. The fourth-order valence-electron chi connectivity index (χ4n) is 1.13. The lowest BCUT2D eigenvalue weighted by molar-refractivity contribution is 0.687. The summed E-state index contributed by atoms with van der Waals surface area (Å²) < 4.78 is 0. The Morgan fingerprint density at radius 2 is 2.07 bits per heavy atom. The van der Waals surface area contributed by atoms with Gasteiger partial charge in [-0.05, 0) is 19.9 Å². The number of anilines is 1. The maximum atomic E-state index is 4.11. The predicted molar refractivity (Wildman–Crippen MR) is 58.4 cm³/mol. The van der Waals surface area contributed by atoms with Gasteiger partial charge in [0.1, 0.15) is 12.1 Å². The Labute approximate surface area is 85.2 Å². The molecule has 1 aromatic heterocycles. The van der Waals surface area contributed by atoms with Gasteiger partial charge in [0.2, 0.25) is 0 Å². The van der Waals surface area contributed by atoms with E-state index in [0.717, 1.165) is 31.1 Å². The number of hydrogen-bond donors (Lipinski definition) is 2. The summed E-state index contributed by atoms with van der Waals surface area (Å²) in [6.07, 6.45) is 2.75. The summed E-state index contributed by atoms with van der Waals surface area (Å²) >= 11 is 0. The molecule has 0 radical (unpaired) electrons. The summed E-state index contributed by atoms with van der Waals surface area (Å²) in [6, 6.07) is 1.94. The van der Waals surface area contributed by atoms with Crippen molar-refractivity contribution in [2.75, 3.05) is 25.0 Å². The largest absolute Gasteiger partial charge is 0.369 e. The van der Waals surface area contributed by atoms with Crippen LogP contribution < -0.4 is 10.6 Å². The Morgan fingerprint density at radius 3 is 2.79 bits per heavy atom. The Kier molecular flexibility index (Phi) is 4.93. The molecule has 1 rings (SSSR count). The van der Waals surface area contributed by atoms with E-state index in [2.05, 4.69) is 27.5 Å². The molecule has 0 aliphatic carbocycles. The van der Waals surface area contributed by atoms with Crippen LogP contribution in [0.3, 0.4) is 0 Å². The van der Waals surface area contributed by atoms with Crippen LogP contribution >= 0.6 is 0 Å². The fourth-order valence-corrected chi connectivity index (χ4v) is 1.13. The van der Waals surface area contributed by atoms with Gasteiger partial charge in [0.15, 0.2) is 0 Å². The zero-order valence-corrected chi connectivity index (χ0v) is 8.88. The molecule has 0 aromatic carbocycles. The number of hydrogen-bond acceptors (Lipinski definition) is 4. The molecule has 0 unspecified atom stereocenters. The molecule has 0 aliphatic rings. The Bertz CT molecular complexity index is 262. The van der Waals surface area contributed by atoms with Crippen LogP contribution in [0.4, 0.5) is 5.82 Å². The third-order valence-corrected chi connectivity index (χ3v) is 1.84. The van der Waals surface area contributed by atoms with Crippen molar-refractivity contribution in [1.82, 2.24) is 15.3 Å². The van der Waals surface area contributed by atoms with Crippen LogP contribution in [0, 0.1) is 6.92 Å². The summed E-state index contributed by atoms with van der Waals surface area (Å²) in [5.41, 5.74) is 0.990. The highest BCUT2D eigenvalue weighted by Crippen LogP contribution is 2.00. The topological polar surface area (TPSA) is 49.8 Å². The molecule has 4 nitrogen and oxygen atoms in total. The standard InChI is InChI=1S/C10H18N4/c1-3-4-11-5-6-12-10-7-9(2)13-8-14-10/h7-8,11H,3-6H2,1-2H3,(H,12,13,14). The first kappa shape index (κ1) is 10.9. The van der Waals surface area contributed by atoms with E-state index in [1.54, 1.807) is 6.33 Å². The second-order valence-electron chi connectivity index (χ2n) is 3.22. The van der Waals surface area contributed by atoms with Gasteiger partial charge in [0.05, 0.1) is 0 Å². The van der Waals surface area contributed by atoms with E-state index in [-0.39, 0.29) is 0 Å². The molecule has 0 bridgehead atoms. The second kappa shape index (κ2) is 6.32. The van der Waals surface area contributed by atoms with Gasteiger partial charge in [-0.25, -0.2) is 9.97 Å². The van der Waals surface area contributed by atoms with Gasteiger partial charge in [0, 0.05) is 24.8 Å². The first-order valence-corrected chi connectivity index (χ1v) is 5.06. The third kappa shape index (κ3) is 4.18. The first-order valence-electron chi connectivity index (χ1n) is 5.06. The van der Waals surface area contributed by atoms with Crippen LogP contribution in [0.25, 0.3) is 0 Å². The molecule has 0 saturated carbocycles. The molecular formula is C10H18N4. The molecular weight excluding hydrogens is 176 g/mol. The summed E-state index contributed by atoms with van der Waals surface area (Å²) in [5.74, 6) is 0.899. The molecule has 0 spiro atoms. The third-order valence-electron chi connectivity index (χ3n) is 1.84. The van der Waals surface area contributed by atoms with Crippen LogP contribution in [-0.4, -0.2) is 29.6 Å². The minimum absolute atomic E-state index is 0.899. The molecule has 0 saturated heterocycles. The quantitative estimate of drug-likeness (QED) is 0.668. The highest BCUT2D eigenvalue weighted by Gasteiger charge is 1.93. The highest BCUT2D eigenvalue weighted by molar-refractivity contribution is 5.34. The van der Waals surface area contributed by atoms with Gasteiger partial charge in [-0.3, -0.25) is 0 Å².